The number of hydrogen-bond acceptors (Lipinski definition) is 2. The molecule has 0 unspecified atom stereocenters. The average Bonchev–Trinajstić information content (AvgIpc) is 2.86. The summed E-state index contributed by atoms with van der Waals surface area (Å²) in [5, 5.41) is 5.74. The first kappa shape index (κ1) is 9.22. The Hall–Kier alpha value is -0.340. The van der Waals surface area contributed by atoms with Crippen LogP contribution in [0.15, 0.2) is 11.4 Å². The lowest BCUT2D eigenvalue weighted by atomic mass is 10.1. The summed E-state index contributed by atoms with van der Waals surface area (Å²) in [6.45, 7) is 3.41. The first-order valence-electron chi connectivity index (χ1n) is 5.12. The van der Waals surface area contributed by atoms with Crippen LogP contribution in [-0.4, -0.2) is 12.6 Å². The van der Waals surface area contributed by atoms with Gasteiger partial charge in [0, 0.05) is 10.9 Å². The van der Waals surface area contributed by atoms with E-state index in [1.54, 1.807) is 5.56 Å². The second-order valence-corrected chi connectivity index (χ2v) is 4.95. The topological polar surface area (TPSA) is 12.0 Å². The summed E-state index contributed by atoms with van der Waals surface area (Å²) >= 11 is 1.86. The Bertz CT molecular complexity index is 263. The molecule has 13 heavy (non-hydrogen) atoms. The van der Waals surface area contributed by atoms with Gasteiger partial charge in [-0.25, -0.2) is 0 Å². The van der Waals surface area contributed by atoms with Crippen molar-refractivity contribution in [2.75, 3.05) is 6.54 Å². The Kier molecular flexibility index (Phi) is 3.01. The maximum atomic E-state index is 3.54. The van der Waals surface area contributed by atoms with Crippen molar-refractivity contribution in [1.82, 2.24) is 5.32 Å². The van der Waals surface area contributed by atoms with E-state index in [9.17, 15) is 0 Å². The molecule has 0 aromatic carbocycles. The van der Waals surface area contributed by atoms with Crippen molar-refractivity contribution in [2.45, 2.75) is 38.6 Å². The summed E-state index contributed by atoms with van der Waals surface area (Å²) in [6.07, 6.45) is 5.33. The number of thiophene rings is 1. The lowest BCUT2D eigenvalue weighted by Gasteiger charge is -2.02. The van der Waals surface area contributed by atoms with E-state index in [-0.39, 0.29) is 0 Å². The zero-order valence-corrected chi connectivity index (χ0v) is 8.99. The van der Waals surface area contributed by atoms with Gasteiger partial charge in [0.15, 0.2) is 0 Å². The van der Waals surface area contributed by atoms with E-state index in [2.05, 4.69) is 23.7 Å². The fraction of sp³-hybridized carbons (Fsp3) is 0.636. The highest BCUT2D eigenvalue weighted by molar-refractivity contribution is 7.10. The van der Waals surface area contributed by atoms with Crippen LogP contribution in [0.4, 0.5) is 0 Å². The highest BCUT2D eigenvalue weighted by Gasteiger charge is 2.19. The van der Waals surface area contributed by atoms with Crippen LogP contribution in [0.1, 0.15) is 29.7 Å². The van der Waals surface area contributed by atoms with Crippen molar-refractivity contribution in [2.24, 2.45) is 0 Å². The molecule has 2 heteroatoms. The van der Waals surface area contributed by atoms with Crippen LogP contribution in [0.2, 0.25) is 0 Å². The zero-order valence-electron chi connectivity index (χ0n) is 8.18. The van der Waals surface area contributed by atoms with Crippen LogP contribution < -0.4 is 5.32 Å². The van der Waals surface area contributed by atoms with Crippen LogP contribution in [-0.2, 0) is 6.42 Å². The molecular weight excluding hydrogens is 178 g/mol. The molecule has 1 aromatic heterocycles. The van der Waals surface area contributed by atoms with Gasteiger partial charge in [0.2, 0.25) is 0 Å². The van der Waals surface area contributed by atoms with E-state index < -0.39 is 0 Å². The second-order valence-electron chi connectivity index (χ2n) is 3.83. The maximum Gasteiger partial charge on any atom is 0.00682 e. The number of hydrogen-bond donors (Lipinski definition) is 1. The van der Waals surface area contributed by atoms with Gasteiger partial charge >= 0.3 is 0 Å². The third kappa shape index (κ3) is 2.82. The Labute approximate surface area is 84.2 Å². The lowest BCUT2D eigenvalue weighted by molar-refractivity contribution is 0.645. The smallest absolute Gasteiger partial charge is 0.00682 e. The van der Waals surface area contributed by atoms with Gasteiger partial charge in [0.25, 0.3) is 0 Å². The molecule has 1 aliphatic carbocycles. The normalized spacial score (nSPS) is 16.4. The summed E-state index contributed by atoms with van der Waals surface area (Å²) < 4.78 is 0. The second kappa shape index (κ2) is 4.25. The first-order chi connectivity index (χ1) is 6.36. The minimum atomic E-state index is 0.864. The van der Waals surface area contributed by atoms with Crippen LogP contribution in [0, 0.1) is 6.92 Å². The summed E-state index contributed by atoms with van der Waals surface area (Å²) in [6, 6.07) is 3.13. The largest absolute Gasteiger partial charge is 0.314 e. The van der Waals surface area contributed by atoms with Gasteiger partial charge in [0.1, 0.15) is 0 Å². The Morgan fingerprint density at radius 1 is 1.54 bits per heavy atom. The summed E-state index contributed by atoms with van der Waals surface area (Å²) in [5.74, 6) is 0. The Balaban J connectivity index is 1.64. The predicted octanol–water partition coefficient (Wildman–Crippen LogP) is 2.74. The quantitative estimate of drug-likeness (QED) is 0.712. The highest BCUT2D eigenvalue weighted by Crippen LogP contribution is 2.19. The van der Waals surface area contributed by atoms with Crippen molar-refractivity contribution < 1.29 is 0 Å². The molecule has 1 N–H and O–H groups in total. The molecule has 1 saturated carbocycles. The number of nitrogens with one attached hydrogen (secondary N) is 1. The van der Waals surface area contributed by atoms with Gasteiger partial charge in [-0.3, -0.25) is 0 Å². The molecule has 72 valence electrons. The molecule has 1 nitrogen and oxygen atoms in total. The van der Waals surface area contributed by atoms with Crippen molar-refractivity contribution in [3.63, 3.8) is 0 Å². The molecule has 0 radical (unpaired) electrons. The standard InChI is InChI=1S/C11H17NS/c1-9-10(6-8-13-9)3-2-7-12-11-4-5-11/h6,8,11-12H,2-5,7H2,1H3. The van der Waals surface area contributed by atoms with Crippen molar-refractivity contribution >= 4 is 11.3 Å². The molecule has 0 amide bonds. The third-order valence-corrected chi connectivity index (χ3v) is 3.49. The van der Waals surface area contributed by atoms with Crippen LogP contribution in [0.25, 0.3) is 0 Å². The fourth-order valence-corrected chi connectivity index (χ4v) is 2.30. The summed E-state index contributed by atoms with van der Waals surface area (Å²) in [4.78, 5) is 1.49. The molecule has 1 fully saturated rings. The van der Waals surface area contributed by atoms with E-state index >= 15 is 0 Å². The molecule has 0 atom stereocenters. The predicted molar refractivity (Wildman–Crippen MR) is 58.4 cm³/mol. The van der Waals surface area contributed by atoms with Gasteiger partial charge < -0.3 is 5.32 Å². The number of aryl methyl sites for hydroxylation is 2. The van der Waals surface area contributed by atoms with Crippen LogP contribution >= 0.6 is 11.3 Å². The molecule has 2 rings (SSSR count). The third-order valence-electron chi connectivity index (χ3n) is 2.60. The van der Waals surface area contributed by atoms with Gasteiger partial charge in [-0.2, -0.15) is 0 Å². The zero-order chi connectivity index (χ0) is 9.10. The van der Waals surface area contributed by atoms with Crippen molar-refractivity contribution in [3.8, 4) is 0 Å². The fourth-order valence-electron chi connectivity index (χ4n) is 1.54. The minimum absolute atomic E-state index is 0.864. The van der Waals surface area contributed by atoms with E-state index in [1.807, 2.05) is 11.3 Å². The minimum Gasteiger partial charge on any atom is -0.314 e. The molecule has 1 aromatic rings. The Morgan fingerprint density at radius 2 is 2.38 bits per heavy atom. The molecule has 1 aliphatic rings. The molecule has 0 bridgehead atoms. The van der Waals surface area contributed by atoms with Crippen molar-refractivity contribution in [1.29, 1.82) is 0 Å². The van der Waals surface area contributed by atoms with Gasteiger partial charge in [0.05, 0.1) is 0 Å². The molecule has 0 aliphatic heterocycles. The van der Waals surface area contributed by atoms with E-state index in [0.29, 0.717) is 0 Å². The SMILES string of the molecule is Cc1sccc1CCCNC1CC1. The molecule has 0 saturated heterocycles. The monoisotopic (exact) mass is 195 g/mol. The molecular formula is C11H17NS. The van der Waals surface area contributed by atoms with Gasteiger partial charge in [-0.1, -0.05) is 0 Å². The van der Waals surface area contributed by atoms with Crippen LogP contribution in [0.5, 0.6) is 0 Å². The van der Waals surface area contributed by atoms with Gasteiger partial charge in [-0.15, -0.1) is 11.3 Å². The van der Waals surface area contributed by atoms with Crippen molar-refractivity contribution in [3.05, 3.63) is 21.9 Å². The molecule has 1 heterocycles. The maximum absolute atomic E-state index is 3.54. The lowest BCUT2D eigenvalue weighted by Crippen LogP contribution is -2.17. The van der Waals surface area contributed by atoms with E-state index in [1.165, 1.54) is 37.1 Å². The average molecular weight is 195 g/mol. The Morgan fingerprint density at radius 3 is 3.00 bits per heavy atom. The highest BCUT2D eigenvalue weighted by atomic mass is 32.1. The van der Waals surface area contributed by atoms with Gasteiger partial charge in [-0.05, 0) is 56.2 Å². The van der Waals surface area contributed by atoms with E-state index in [4.69, 9.17) is 0 Å². The summed E-state index contributed by atoms with van der Waals surface area (Å²) in [5.41, 5.74) is 1.54. The summed E-state index contributed by atoms with van der Waals surface area (Å²) in [7, 11) is 0. The van der Waals surface area contributed by atoms with Crippen LogP contribution in [0.3, 0.4) is 0 Å². The number of rotatable bonds is 5. The first-order valence-corrected chi connectivity index (χ1v) is 6.00. The van der Waals surface area contributed by atoms with E-state index in [0.717, 1.165) is 6.04 Å². The molecule has 0 spiro atoms.